The molecule has 0 bridgehead atoms. The summed E-state index contributed by atoms with van der Waals surface area (Å²) in [5, 5.41) is 2.82. The highest BCUT2D eigenvalue weighted by molar-refractivity contribution is 6.32. The fourth-order valence-corrected chi connectivity index (χ4v) is 1.67. The maximum absolute atomic E-state index is 11.7. The van der Waals surface area contributed by atoms with Gasteiger partial charge in [0.2, 0.25) is 11.2 Å². The van der Waals surface area contributed by atoms with E-state index in [4.69, 9.17) is 28.9 Å². The maximum Gasteiger partial charge on any atom is 0.228 e. The number of carbonyl (C=O) groups is 1. The normalized spacial score (nSPS) is 12.2. The number of nitrogens with zero attached hydrogens (tertiary/aromatic N) is 2. The Morgan fingerprint density at radius 1 is 1.53 bits per heavy atom. The van der Waals surface area contributed by atoms with E-state index in [9.17, 15) is 4.79 Å². The number of rotatable bonds is 5. The van der Waals surface area contributed by atoms with Crippen LogP contribution in [0.5, 0.6) is 0 Å². The number of halogens is 2. The smallest absolute Gasteiger partial charge is 0.228 e. The van der Waals surface area contributed by atoms with E-state index >= 15 is 0 Å². The van der Waals surface area contributed by atoms with E-state index in [2.05, 4.69) is 15.3 Å². The Morgan fingerprint density at radius 3 is 2.82 bits per heavy atom. The number of carbonyl (C=O) groups excluding carboxylic acids is 1. The lowest BCUT2D eigenvalue weighted by Gasteiger charge is -2.11. The van der Waals surface area contributed by atoms with Crippen LogP contribution in [-0.4, -0.2) is 22.4 Å². The molecule has 0 aromatic carbocycles. The standard InChI is InChI=1S/C10H14Cl2N4O/c1-6(3-2-4-13)9(17)15-8-5-7(11)14-10(12)16-8/h5-6H,2-4,13H2,1H3,(H,14,15,16,17). The SMILES string of the molecule is CC(CCCN)C(=O)Nc1cc(Cl)nc(Cl)n1. The highest BCUT2D eigenvalue weighted by atomic mass is 35.5. The number of amides is 1. The number of aromatic nitrogens is 2. The Bertz CT molecular complexity index is 380. The van der Waals surface area contributed by atoms with Crippen LogP contribution < -0.4 is 11.1 Å². The zero-order valence-electron chi connectivity index (χ0n) is 9.41. The molecule has 5 nitrogen and oxygen atoms in total. The van der Waals surface area contributed by atoms with E-state index in [1.165, 1.54) is 6.07 Å². The first-order valence-electron chi connectivity index (χ1n) is 5.24. The lowest BCUT2D eigenvalue weighted by atomic mass is 10.1. The van der Waals surface area contributed by atoms with Gasteiger partial charge in [0, 0.05) is 12.0 Å². The van der Waals surface area contributed by atoms with Crippen molar-refractivity contribution >= 4 is 34.9 Å². The minimum Gasteiger partial charge on any atom is -0.330 e. The number of nitrogens with two attached hydrogens (primary N) is 1. The van der Waals surface area contributed by atoms with E-state index in [1.807, 2.05) is 6.92 Å². The number of hydrogen-bond donors (Lipinski definition) is 2. The first-order chi connectivity index (χ1) is 8.02. The van der Waals surface area contributed by atoms with Crippen LogP contribution in [0.3, 0.4) is 0 Å². The maximum atomic E-state index is 11.7. The third kappa shape index (κ3) is 4.85. The molecule has 0 saturated heterocycles. The second kappa shape index (κ2) is 6.74. The highest BCUT2D eigenvalue weighted by Gasteiger charge is 2.13. The van der Waals surface area contributed by atoms with Crippen molar-refractivity contribution in [3.63, 3.8) is 0 Å². The number of anilines is 1. The molecule has 17 heavy (non-hydrogen) atoms. The van der Waals surface area contributed by atoms with Gasteiger partial charge in [-0.2, -0.15) is 0 Å². The van der Waals surface area contributed by atoms with Gasteiger partial charge in [-0.25, -0.2) is 9.97 Å². The van der Waals surface area contributed by atoms with Crippen LogP contribution in [-0.2, 0) is 4.79 Å². The molecule has 0 saturated carbocycles. The average Bonchev–Trinajstić information content (AvgIpc) is 2.24. The van der Waals surface area contributed by atoms with Crippen molar-refractivity contribution in [1.29, 1.82) is 0 Å². The van der Waals surface area contributed by atoms with Crippen LogP contribution in [0.25, 0.3) is 0 Å². The van der Waals surface area contributed by atoms with E-state index in [1.54, 1.807) is 0 Å². The third-order valence-corrected chi connectivity index (χ3v) is 2.57. The molecule has 0 aliphatic heterocycles. The van der Waals surface area contributed by atoms with Gasteiger partial charge in [0.05, 0.1) is 0 Å². The molecule has 94 valence electrons. The molecule has 1 rings (SSSR count). The molecule has 0 radical (unpaired) electrons. The topological polar surface area (TPSA) is 80.9 Å². The lowest BCUT2D eigenvalue weighted by molar-refractivity contribution is -0.119. The van der Waals surface area contributed by atoms with Crippen molar-refractivity contribution in [2.24, 2.45) is 11.7 Å². The van der Waals surface area contributed by atoms with E-state index in [0.717, 1.165) is 12.8 Å². The Kier molecular flexibility index (Phi) is 5.61. The molecule has 0 aliphatic carbocycles. The molecule has 1 amide bonds. The Hall–Kier alpha value is -0.910. The number of nitrogens with one attached hydrogen (secondary N) is 1. The predicted octanol–water partition coefficient (Wildman–Crippen LogP) is 2.10. The predicted molar refractivity (Wildman–Crippen MR) is 68.1 cm³/mol. The molecule has 0 fully saturated rings. The van der Waals surface area contributed by atoms with E-state index < -0.39 is 0 Å². The minimum atomic E-state index is -0.135. The van der Waals surface area contributed by atoms with E-state index in [-0.39, 0.29) is 22.3 Å². The lowest BCUT2D eigenvalue weighted by Crippen LogP contribution is -2.21. The Balaban J connectivity index is 2.61. The first kappa shape index (κ1) is 14.2. The summed E-state index contributed by atoms with van der Waals surface area (Å²) in [6, 6.07) is 1.45. The monoisotopic (exact) mass is 276 g/mol. The Morgan fingerprint density at radius 2 is 2.24 bits per heavy atom. The molecule has 1 aromatic heterocycles. The molecule has 1 aromatic rings. The van der Waals surface area contributed by atoms with Crippen molar-refractivity contribution in [3.05, 3.63) is 16.5 Å². The van der Waals surface area contributed by atoms with Crippen LogP contribution in [0.2, 0.25) is 10.4 Å². The van der Waals surface area contributed by atoms with Crippen molar-refractivity contribution in [2.45, 2.75) is 19.8 Å². The van der Waals surface area contributed by atoms with Gasteiger partial charge in [0.15, 0.2) is 0 Å². The molecule has 3 N–H and O–H groups in total. The van der Waals surface area contributed by atoms with Crippen molar-refractivity contribution in [2.75, 3.05) is 11.9 Å². The third-order valence-electron chi connectivity index (χ3n) is 2.21. The summed E-state index contributed by atoms with van der Waals surface area (Å²) >= 11 is 11.3. The van der Waals surface area contributed by atoms with Gasteiger partial charge in [-0.1, -0.05) is 18.5 Å². The van der Waals surface area contributed by atoms with Gasteiger partial charge in [0.25, 0.3) is 0 Å². The van der Waals surface area contributed by atoms with Gasteiger partial charge in [-0.3, -0.25) is 4.79 Å². The fourth-order valence-electron chi connectivity index (χ4n) is 1.26. The molecule has 0 spiro atoms. The van der Waals surface area contributed by atoms with Crippen molar-refractivity contribution < 1.29 is 4.79 Å². The summed E-state index contributed by atoms with van der Waals surface area (Å²) in [4.78, 5) is 19.3. The molecular formula is C10H14Cl2N4O. The van der Waals surface area contributed by atoms with Gasteiger partial charge in [-0.15, -0.1) is 0 Å². The van der Waals surface area contributed by atoms with Crippen LogP contribution in [0.1, 0.15) is 19.8 Å². The summed E-state index contributed by atoms with van der Waals surface area (Å²) in [5.74, 6) is 0.0370. The molecular weight excluding hydrogens is 263 g/mol. The molecule has 1 heterocycles. The van der Waals surface area contributed by atoms with E-state index in [0.29, 0.717) is 12.4 Å². The van der Waals surface area contributed by atoms with Gasteiger partial charge in [-0.05, 0) is 31.0 Å². The molecule has 1 atom stereocenters. The van der Waals surface area contributed by atoms with Gasteiger partial charge < -0.3 is 11.1 Å². The average molecular weight is 277 g/mol. The fraction of sp³-hybridized carbons (Fsp3) is 0.500. The van der Waals surface area contributed by atoms with Crippen LogP contribution in [0, 0.1) is 5.92 Å². The van der Waals surface area contributed by atoms with Crippen LogP contribution >= 0.6 is 23.2 Å². The second-order valence-electron chi connectivity index (χ2n) is 3.67. The summed E-state index contributed by atoms with van der Waals surface area (Å²) in [5.41, 5.74) is 5.38. The first-order valence-corrected chi connectivity index (χ1v) is 5.99. The molecule has 1 unspecified atom stereocenters. The summed E-state index contributed by atoms with van der Waals surface area (Å²) in [6.07, 6.45) is 1.54. The summed E-state index contributed by atoms with van der Waals surface area (Å²) in [7, 11) is 0. The highest BCUT2D eigenvalue weighted by Crippen LogP contribution is 2.16. The zero-order valence-corrected chi connectivity index (χ0v) is 10.9. The van der Waals surface area contributed by atoms with Gasteiger partial charge in [0.1, 0.15) is 11.0 Å². The largest absolute Gasteiger partial charge is 0.330 e. The summed E-state index contributed by atoms with van der Waals surface area (Å²) in [6.45, 7) is 2.40. The van der Waals surface area contributed by atoms with Crippen LogP contribution in [0.15, 0.2) is 6.07 Å². The van der Waals surface area contributed by atoms with Crippen LogP contribution in [0.4, 0.5) is 5.82 Å². The zero-order chi connectivity index (χ0) is 12.8. The summed E-state index contributed by atoms with van der Waals surface area (Å²) < 4.78 is 0. The molecule has 7 heteroatoms. The Labute approximate surface area is 110 Å². The minimum absolute atomic E-state index is 0.00223. The quantitative estimate of drug-likeness (QED) is 0.638. The molecule has 0 aliphatic rings. The number of hydrogen-bond acceptors (Lipinski definition) is 4. The van der Waals surface area contributed by atoms with Crippen molar-refractivity contribution in [1.82, 2.24) is 9.97 Å². The van der Waals surface area contributed by atoms with Gasteiger partial charge >= 0.3 is 0 Å². The second-order valence-corrected chi connectivity index (χ2v) is 4.39. The van der Waals surface area contributed by atoms with Crippen molar-refractivity contribution in [3.8, 4) is 0 Å².